The highest BCUT2D eigenvalue weighted by Crippen LogP contribution is 2.09. The van der Waals surface area contributed by atoms with Crippen LogP contribution in [0, 0.1) is 6.92 Å². The van der Waals surface area contributed by atoms with Gasteiger partial charge < -0.3 is 9.94 Å². The molecule has 7 nitrogen and oxygen atoms in total. The zero-order valence-electron chi connectivity index (χ0n) is 9.41. The van der Waals surface area contributed by atoms with Crippen LogP contribution in [0.3, 0.4) is 0 Å². The van der Waals surface area contributed by atoms with Crippen molar-refractivity contribution in [1.29, 1.82) is 0 Å². The Labute approximate surface area is 103 Å². The second kappa shape index (κ2) is 5.61. The number of aryl methyl sites for hydroxylation is 1. The molecule has 0 radical (unpaired) electrons. The van der Waals surface area contributed by atoms with E-state index in [0.717, 1.165) is 5.56 Å². The van der Waals surface area contributed by atoms with Crippen LogP contribution in [0.25, 0.3) is 0 Å². The summed E-state index contributed by atoms with van der Waals surface area (Å²) >= 11 is 0. The molecule has 0 bridgehead atoms. The summed E-state index contributed by atoms with van der Waals surface area (Å²) in [6.07, 6.45) is -0.920. The van der Waals surface area contributed by atoms with E-state index in [4.69, 9.17) is 5.11 Å². The Kier molecular flexibility index (Phi) is 4.40. The van der Waals surface area contributed by atoms with Crippen molar-refractivity contribution < 1.29 is 28.0 Å². The Hall–Kier alpha value is -1.93. The Balaban J connectivity index is 2.68. The summed E-state index contributed by atoms with van der Waals surface area (Å²) in [6.45, 7) is 1.79. The van der Waals surface area contributed by atoms with E-state index in [1.165, 1.54) is 12.1 Å². The van der Waals surface area contributed by atoms with Gasteiger partial charge in [0.15, 0.2) is 0 Å². The maximum Gasteiger partial charge on any atom is 0.337 e. The van der Waals surface area contributed by atoms with Gasteiger partial charge >= 0.3 is 11.9 Å². The maximum absolute atomic E-state index is 11.6. The zero-order valence-corrected chi connectivity index (χ0v) is 10.2. The molecule has 0 saturated carbocycles. The SMILES string of the molecule is Cc1ccc(S(=O)(=O)NOC(=O)CC(=O)O)cc1. The van der Waals surface area contributed by atoms with E-state index in [1.807, 2.05) is 0 Å². The average Bonchev–Trinajstić information content (AvgIpc) is 2.26. The van der Waals surface area contributed by atoms with E-state index in [0.29, 0.717) is 0 Å². The molecule has 1 rings (SSSR count). The van der Waals surface area contributed by atoms with Crippen molar-refractivity contribution in [1.82, 2.24) is 4.89 Å². The number of carbonyl (C=O) groups is 2. The Morgan fingerprint density at radius 2 is 1.83 bits per heavy atom. The number of rotatable bonds is 5. The van der Waals surface area contributed by atoms with Crippen LogP contribution in [0.5, 0.6) is 0 Å². The van der Waals surface area contributed by atoms with Gasteiger partial charge in [-0.1, -0.05) is 17.7 Å². The third-order valence-corrected chi connectivity index (χ3v) is 3.09. The van der Waals surface area contributed by atoms with Gasteiger partial charge in [0.05, 0.1) is 4.90 Å². The lowest BCUT2D eigenvalue weighted by molar-refractivity contribution is -0.153. The summed E-state index contributed by atoms with van der Waals surface area (Å²) in [5.74, 6) is -2.60. The largest absolute Gasteiger partial charge is 0.481 e. The molecule has 0 aliphatic carbocycles. The van der Waals surface area contributed by atoms with Crippen LogP contribution in [-0.4, -0.2) is 25.5 Å². The van der Waals surface area contributed by atoms with Gasteiger partial charge in [-0.3, -0.25) is 4.79 Å². The van der Waals surface area contributed by atoms with Crippen molar-refractivity contribution in [3.63, 3.8) is 0 Å². The molecule has 8 heteroatoms. The molecule has 0 atom stereocenters. The second-order valence-electron chi connectivity index (χ2n) is 3.44. The summed E-state index contributed by atoms with van der Waals surface area (Å²) in [4.78, 5) is 26.6. The van der Waals surface area contributed by atoms with Gasteiger partial charge in [-0.15, -0.1) is 0 Å². The standard InChI is InChI=1S/C10H11NO6S/c1-7-2-4-8(5-3-7)18(15,16)11-17-10(14)6-9(12)13/h2-5,11H,6H2,1H3,(H,12,13). The molecule has 0 fully saturated rings. The average molecular weight is 273 g/mol. The Bertz CT molecular complexity index is 548. The van der Waals surface area contributed by atoms with Gasteiger partial charge in [0, 0.05) is 0 Å². The lowest BCUT2D eigenvalue weighted by Crippen LogP contribution is -2.28. The highest BCUT2D eigenvalue weighted by molar-refractivity contribution is 7.89. The van der Waals surface area contributed by atoms with Crippen LogP contribution >= 0.6 is 0 Å². The van der Waals surface area contributed by atoms with E-state index in [-0.39, 0.29) is 4.90 Å². The minimum atomic E-state index is -3.99. The van der Waals surface area contributed by atoms with E-state index < -0.39 is 28.4 Å². The van der Waals surface area contributed by atoms with Crippen molar-refractivity contribution in [3.05, 3.63) is 29.8 Å². The number of carbonyl (C=O) groups excluding carboxylic acids is 1. The fourth-order valence-electron chi connectivity index (χ4n) is 1.03. The third kappa shape index (κ3) is 4.15. The quantitative estimate of drug-likeness (QED) is 0.586. The fraction of sp³-hybridized carbons (Fsp3) is 0.200. The molecule has 98 valence electrons. The molecular weight excluding hydrogens is 262 g/mol. The van der Waals surface area contributed by atoms with Gasteiger partial charge in [0.2, 0.25) is 0 Å². The van der Waals surface area contributed by atoms with Crippen molar-refractivity contribution in [2.24, 2.45) is 0 Å². The summed E-state index contributed by atoms with van der Waals surface area (Å²) in [6, 6.07) is 5.83. The molecule has 1 aromatic carbocycles. The van der Waals surface area contributed by atoms with Gasteiger partial charge in [-0.2, -0.15) is 0 Å². The lowest BCUT2D eigenvalue weighted by Gasteiger charge is -2.06. The molecule has 0 aliphatic rings. The first kappa shape index (κ1) is 14.1. The van der Waals surface area contributed by atoms with Crippen LogP contribution in [0.1, 0.15) is 12.0 Å². The summed E-state index contributed by atoms with van der Waals surface area (Å²) in [7, 11) is -3.99. The topological polar surface area (TPSA) is 110 Å². The summed E-state index contributed by atoms with van der Waals surface area (Å²) in [5.41, 5.74) is 0.872. The summed E-state index contributed by atoms with van der Waals surface area (Å²) in [5, 5.41) is 8.28. The van der Waals surface area contributed by atoms with Gasteiger partial charge in [-0.05, 0) is 23.9 Å². The van der Waals surface area contributed by atoms with Crippen LogP contribution in [0.4, 0.5) is 0 Å². The number of hydrogen-bond acceptors (Lipinski definition) is 5. The maximum atomic E-state index is 11.6. The number of nitrogens with one attached hydrogen (secondary N) is 1. The Morgan fingerprint density at radius 3 is 2.33 bits per heavy atom. The molecule has 0 unspecified atom stereocenters. The molecular formula is C10H11NO6S. The lowest BCUT2D eigenvalue weighted by atomic mass is 10.2. The number of hydrogen-bond donors (Lipinski definition) is 2. The van der Waals surface area contributed by atoms with E-state index in [1.54, 1.807) is 23.9 Å². The molecule has 0 amide bonds. The van der Waals surface area contributed by atoms with Gasteiger partial charge in [-0.25, -0.2) is 13.2 Å². The number of carboxylic acid groups (broad SMARTS) is 1. The first-order valence-corrected chi connectivity index (χ1v) is 6.29. The molecule has 0 aliphatic heterocycles. The van der Waals surface area contributed by atoms with Crippen molar-refractivity contribution >= 4 is 22.0 Å². The highest BCUT2D eigenvalue weighted by Gasteiger charge is 2.17. The predicted molar refractivity (Wildman–Crippen MR) is 59.8 cm³/mol. The number of benzene rings is 1. The minimum absolute atomic E-state index is 0.0868. The monoisotopic (exact) mass is 273 g/mol. The summed E-state index contributed by atoms with van der Waals surface area (Å²) < 4.78 is 23.2. The van der Waals surface area contributed by atoms with Crippen LogP contribution in [0.2, 0.25) is 0 Å². The second-order valence-corrected chi connectivity index (χ2v) is 5.09. The molecule has 18 heavy (non-hydrogen) atoms. The van der Waals surface area contributed by atoms with E-state index >= 15 is 0 Å². The molecule has 0 aromatic heterocycles. The van der Waals surface area contributed by atoms with Crippen molar-refractivity contribution in [2.45, 2.75) is 18.2 Å². The van der Waals surface area contributed by atoms with E-state index in [9.17, 15) is 18.0 Å². The minimum Gasteiger partial charge on any atom is -0.481 e. The predicted octanol–water partition coefficient (Wildman–Crippen LogP) is 0.206. The number of aliphatic carboxylic acids is 1. The van der Waals surface area contributed by atoms with E-state index in [2.05, 4.69) is 4.84 Å². The van der Waals surface area contributed by atoms with Crippen LogP contribution < -0.4 is 4.89 Å². The first-order chi connectivity index (χ1) is 8.31. The molecule has 0 spiro atoms. The molecule has 2 N–H and O–H groups in total. The fourth-order valence-corrected chi connectivity index (χ4v) is 1.82. The van der Waals surface area contributed by atoms with Crippen LogP contribution in [-0.2, 0) is 24.4 Å². The first-order valence-electron chi connectivity index (χ1n) is 4.81. The zero-order chi connectivity index (χ0) is 13.8. The highest BCUT2D eigenvalue weighted by atomic mass is 32.2. The molecule has 0 heterocycles. The number of carboxylic acids is 1. The van der Waals surface area contributed by atoms with Gasteiger partial charge in [0.25, 0.3) is 10.0 Å². The van der Waals surface area contributed by atoms with Crippen LogP contribution in [0.15, 0.2) is 29.2 Å². The third-order valence-electron chi connectivity index (χ3n) is 1.89. The van der Waals surface area contributed by atoms with Crippen molar-refractivity contribution in [3.8, 4) is 0 Å². The number of sulfonamides is 1. The Morgan fingerprint density at radius 1 is 1.28 bits per heavy atom. The normalized spacial score (nSPS) is 10.9. The smallest absolute Gasteiger partial charge is 0.337 e. The van der Waals surface area contributed by atoms with Gasteiger partial charge in [0.1, 0.15) is 6.42 Å². The van der Waals surface area contributed by atoms with Crippen molar-refractivity contribution in [2.75, 3.05) is 0 Å². The molecule has 0 saturated heterocycles. The molecule has 1 aromatic rings.